The third-order valence-corrected chi connectivity index (χ3v) is 17.5. The van der Waals surface area contributed by atoms with E-state index in [4.69, 9.17) is 28.3 Å². The van der Waals surface area contributed by atoms with Crippen molar-refractivity contribution in [2.75, 3.05) is 0 Å². The normalized spacial score (nSPS) is 14.9. The van der Waals surface area contributed by atoms with Gasteiger partial charge in [0.2, 0.25) is 0 Å². The van der Waals surface area contributed by atoms with Crippen molar-refractivity contribution < 1.29 is 62.4 Å². The van der Waals surface area contributed by atoms with E-state index < -0.39 is 47.1 Å². The second kappa shape index (κ2) is 25.3. The van der Waals surface area contributed by atoms with Crippen LogP contribution in [0.1, 0.15) is 143 Å². The van der Waals surface area contributed by atoms with E-state index in [1.165, 1.54) is 60.3 Å². The molecule has 2 saturated carbocycles. The zero-order valence-electron chi connectivity index (χ0n) is 51.4. The van der Waals surface area contributed by atoms with Crippen molar-refractivity contribution in [3.63, 3.8) is 0 Å². The minimum atomic E-state index is -1.45. The van der Waals surface area contributed by atoms with Crippen LogP contribution in [-0.2, 0) is 46.1 Å². The summed E-state index contributed by atoms with van der Waals surface area (Å²) in [6, 6.07) is 23.8. The Labute approximate surface area is 518 Å². The largest absolute Gasteiger partial charge is 0.480 e. The number of nitrogens with zero attached hydrogens (tertiary/aromatic N) is 6. The number of aromatic nitrogens is 6. The molecule has 468 valence electrons. The molecule has 6 aromatic heterocycles. The lowest BCUT2D eigenvalue weighted by molar-refractivity contribution is -0.152. The van der Waals surface area contributed by atoms with Gasteiger partial charge in [-0.15, -0.1) is 0 Å². The van der Waals surface area contributed by atoms with Crippen LogP contribution in [0.4, 0.5) is 0 Å². The SMILES string of the molecule is CC(=O)[C@H](Cc1cn(C)c2ccc(OC(C)(C)C(=O)O)cc12)NC(=O)c1ccc2c(c1)nc(-c1ccoc1)n2C1CCCCC1.Cn1cc(C[C@H](NC(=O)c2ccc3c(c2)nc(-c2ccoc2)n3C2CCCCC2)C(=O)O)c2cc(OC(C)(C)C(=O)O)ccc21. The lowest BCUT2D eigenvalue weighted by Gasteiger charge is -2.25. The number of Topliss-reactive ketones (excluding diaryl/α,β-unsaturated/α-hetero) is 1. The van der Waals surface area contributed by atoms with Gasteiger partial charge in [-0.2, -0.15) is 0 Å². The van der Waals surface area contributed by atoms with E-state index in [9.17, 15) is 44.1 Å². The molecule has 2 aliphatic carbocycles. The van der Waals surface area contributed by atoms with Crippen molar-refractivity contribution in [2.24, 2.45) is 14.1 Å². The molecule has 0 spiro atoms. The number of imidazole rings is 2. The molecule has 21 heteroatoms. The van der Waals surface area contributed by atoms with Gasteiger partial charge in [0, 0.05) is 84.3 Å². The molecule has 2 atom stereocenters. The van der Waals surface area contributed by atoms with E-state index in [-0.39, 0.29) is 24.5 Å². The maximum atomic E-state index is 13.6. The smallest absolute Gasteiger partial charge is 0.347 e. The van der Waals surface area contributed by atoms with E-state index in [1.54, 1.807) is 85.8 Å². The van der Waals surface area contributed by atoms with Crippen LogP contribution in [-0.4, -0.2) is 102 Å². The van der Waals surface area contributed by atoms with Crippen LogP contribution in [0.3, 0.4) is 0 Å². The standard InChI is InChI=1S/C35H38N4O6.C34H36N4O7/c1-21(40)28(17-24-19-38(4)30-13-11-26(18-27(24)30)45-35(2,3)34(42)43)37-33(41)22-10-12-31-29(16-22)36-32(23-14-15-44-20-23)39(31)25-8-6-5-7-9-25;1-34(2,33(42)43)45-24-10-12-28-25(17-24)22(18-37(28)3)16-27(32(40)41)36-31(39)20-9-11-29-26(15-20)35-30(21-13-14-44-19-21)38(29)23-7-5-4-6-8-23/h10-16,18-20,25,28H,5-9,17H2,1-4H3,(H,37,41)(H,42,43);9-15,17-19,23,27H,4-8,16H2,1-3H3,(H,36,39)(H,40,41)(H,42,43)/t28-;27-/m00/s1. The van der Waals surface area contributed by atoms with Gasteiger partial charge in [-0.05, 0) is 156 Å². The van der Waals surface area contributed by atoms with Crippen molar-refractivity contribution in [2.45, 2.75) is 147 Å². The number of hydrogen-bond donors (Lipinski definition) is 5. The Morgan fingerprint density at radius 1 is 0.556 bits per heavy atom. The Balaban J connectivity index is 0.000000185. The molecule has 0 aliphatic heterocycles. The molecule has 21 nitrogen and oxygen atoms in total. The molecular formula is C69H74N8O13. The number of nitrogens with one attached hydrogen (secondary N) is 2. The highest BCUT2D eigenvalue weighted by Gasteiger charge is 2.33. The average molecular weight is 1220 g/mol. The summed E-state index contributed by atoms with van der Waals surface area (Å²) < 4.78 is 30.5. The minimum Gasteiger partial charge on any atom is -0.480 e. The summed E-state index contributed by atoms with van der Waals surface area (Å²) in [7, 11) is 3.73. The number of hydrogen-bond acceptors (Lipinski definition) is 12. The quantitative estimate of drug-likeness (QED) is 0.0474. The van der Waals surface area contributed by atoms with Gasteiger partial charge in [-0.3, -0.25) is 14.4 Å². The molecule has 0 unspecified atom stereocenters. The number of carbonyl (C=O) groups excluding carboxylic acids is 3. The molecule has 0 radical (unpaired) electrons. The molecule has 5 N–H and O–H groups in total. The van der Waals surface area contributed by atoms with Gasteiger partial charge in [-0.1, -0.05) is 38.5 Å². The summed E-state index contributed by atoms with van der Waals surface area (Å²) in [6.07, 6.45) is 22.0. The summed E-state index contributed by atoms with van der Waals surface area (Å²) in [4.78, 5) is 85.2. The third-order valence-electron chi connectivity index (χ3n) is 17.5. The molecule has 0 saturated heterocycles. The average Bonchev–Trinajstić information content (AvgIpc) is 1.81. The number of furan rings is 2. The second-order valence-electron chi connectivity index (χ2n) is 24.8. The van der Waals surface area contributed by atoms with E-state index >= 15 is 0 Å². The highest BCUT2D eigenvalue weighted by atomic mass is 16.5. The van der Waals surface area contributed by atoms with Crippen LogP contribution in [0.2, 0.25) is 0 Å². The molecule has 4 aromatic carbocycles. The minimum absolute atomic E-state index is 0.00732. The van der Waals surface area contributed by atoms with E-state index in [2.05, 4.69) is 19.8 Å². The highest BCUT2D eigenvalue weighted by Crippen LogP contribution is 2.39. The Hall–Kier alpha value is -9.92. The number of carboxylic acid groups (broad SMARTS) is 3. The summed E-state index contributed by atoms with van der Waals surface area (Å²) in [5.41, 5.74) is 6.11. The van der Waals surface area contributed by atoms with Crippen molar-refractivity contribution in [3.8, 4) is 34.3 Å². The number of carboxylic acids is 3. The third kappa shape index (κ3) is 12.8. The molecule has 12 rings (SSSR count). The molecule has 10 aromatic rings. The maximum Gasteiger partial charge on any atom is 0.347 e. The first-order valence-corrected chi connectivity index (χ1v) is 30.5. The zero-order valence-corrected chi connectivity index (χ0v) is 51.4. The second-order valence-corrected chi connectivity index (χ2v) is 24.8. The van der Waals surface area contributed by atoms with Crippen molar-refractivity contribution in [1.82, 2.24) is 38.9 Å². The Kier molecular flexibility index (Phi) is 17.3. The first-order chi connectivity index (χ1) is 43.0. The highest BCUT2D eigenvalue weighted by molar-refractivity contribution is 6.02. The first kappa shape index (κ1) is 61.7. The fraction of sp³-hybridized carbons (Fsp3) is 0.362. The lowest BCUT2D eigenvalue weighted by Crippen LogP contribution is -2.42. The van der Waals surface area contributed by atoms with E-state index in [1.807, 2.05) is 59.8 Å². The molecule has 6 heterocycles. The zero-order chi connectivity index (χ0) is 63.8. The number of aryl methyl sites for hydroxylation is 2. The number of benzene rings is 4. The monoisotopic (exact) mass is 1220 g/mol. The van der Waals surface area contributed by atoms with Gasteiger partial charge in [0.15, 0.2) is 17.0 Å². The number of ether oxygens (including phenoxy) is 2. The van der Waals surface area contributed by atoms with Crippen LogP contribution < -0.4 is 20.1 Å². The van der Waals surface area contributed by atoms with Crippen molar-refractivity contribution >= 4 is 79.4 Å². The van der Waals surface area contributed by atoms with Crippen LogP contribution in [0, 0.1) is 0 Å². The van der Waals surface area contributed by atoms with Crippen LogP contribution in [0.15, 0.2) is 131 Å². The van der Waals surface area contributed by atoms with Gasteiger partial charge in [-0.25, -0.2) is 24.4 Å². The summed E-state index contributed by atoms with van der Waals surface area (Å²) in [6.45, 7) is 7.35. The number of carbonyl (C=O) groups is 6. The topological polar surface area (TPSA) is 277 Å². The molecule has 2 amide bonds. The van der Waals surface area contributed by atoms with Gasteiger partial charge in [0.1, 0.15) is 41.7 Å². The summed E-state index contributed by atoms with van der Waals surface area (Å²) >= 11 is 0. The van der Waals surface area contributed by atoms with E-state index in [0.717, 1.165) is 99.8 Å². The molecule has 0 bridgehead atoms. The van der Waals surface area contributed by atoms with Gasteiger partial charge in [0.25, 0.3) is 11.8 Å². The van der Waals surface area contributed by atoms with Crippen LogP contribution >= 0.6 is 0 Å². The van der Waals surface area contributed by atoms with Gasteiger partial charge < -0.3 is 62.5 Å². The molecule has 90 heavy (non-hydrogen) atoms. The van der Waals surface area contributed by atoms with Gasteiger partial charge in [0.05, 0.1) is 51.8 Å². The van der Waals surface area contributed by atoms with Crippen molar-refractivity contribution in [1.29, 1.82) is 0 Å². The number of aliphatic carboxylic acids is 3. The fourth-order valence-corrected chi connectivity index (χ4v) is 12.5. The maximum absolute atomic E-state index is 13.6. The number of amides is 2. The predicted octanol–water partition coefficient (Wildman–Crippen LogP) is 12.4. The Morgan fingerprint density at radius 2 is 0.956 bits per heavy atom. The summed E-state index contributed by atoms with van der Waals surface area (Å²) in [5, 5.41) is 36.2. The number of ketones is 1. The number of fused-ring (bicyclic) bond motifs is 4. The Bertz CT molecular complexity index is 4060. The molecular weight excluding hydrogens is 1150 g/mol. The van der Waals surface area contributed by atoms with Crippen molar-refractivity contribution in [3.05, 3.63) is 145 Å². The van der Waals surface area contributed by atoms with Gasteiger partial charge >= 0.3 is 17.9 Å². The first-order valence-electron chi connectivity index (χ1n) is 30.5. The molecule has 2 fully saturated rings. The van der Waals surface area contributed by atoms with Crippen LogP contribution in [0.5, 0.6) is 11.5 Å². The fourth-order valence-electron chi connectivity index (χ4n) is 12.5. The summed E-state index contributed by atoms with van der Waals surface area (Å²) in [5.74, 6) is -2.05. The molecule has 2 aliphatic rings. The predicted molar refractivity (Wildman–Crippen MR) is 338 cm³/mol. The number of rotatable bonds is 20. The Morgan fingerprint density at radius 3 is 1.33 bits per heavy atom. The van der Waals surface area contributed by atoms with E-state index in [0.29, 0.717) is 51.2 Å². The lowest BCUT2D eigenvalue weighted by atomic mass is 9.95. The van der Waals surface area contributed by atoms with Crippen LogP contribution in [0.25, 0.3) is 66.6 Å².